The predicted molar refractivity (Wildman–Crippen MR) is 123 cm³/mol. The first-order valence-corrected chi connectivity index (χ1v) is 12.4. The molecule has 0 atom stereocenters. The van der Waals surface area contributed by atoms with Gasteiger partial charge in [0.25, 0.3) is 5.91 Å². The minimum atomic E-state index is -3.50. The molecule has 1 amide bonds. The van der Waals surface area contributed by atoms with Gasteiger partial charge in [-0.1, -0.05) is 27.3 Å². The van der Waals surface area contributed by atoms with Crippen LogP contribution in [0.25, 0.3) is 10.2 Å². The van der Waals surface area contributed by atoms with Crippen LogP contribution in [0.1, 0.15) is 10.4 Å². The number of hydrogen-bond acceptors (Lipinski definition) is 6. The van der Waals surface area contributed by atoms with Crippen LogP contribution in [0.2, 0.25) is 0 Å². The molecule has 0 unspecified atom stereocenters. The summed E-state index contributed by atoms with van der Waals surface area (Å²) in [7, 11) is -0.535. The van der Waals surface area contributed by atoms with E-state index in [1.165, 1.54) is 26.2 Å². The quantitative estimate of drug-likeness (QED) is 0.540. The average Bonchev–Trinajstić information content (AvgIpc) is 3.16. The molecular formula is C20H21BrN4O3S2. The van der Waals surface area contributed by atoms with Gasteiger partial charge in [-0.15, -0.1) is 0 Å². The van der Waals surface area contributed by atoms with Crippen LogP contribution in [0.15, 0.2) is 51.8 Å². The number of benzene rings is 2. The van der Waals surface area contributed by atoms with E-state index < -0.39 is 10.0 Å². The number of thiazole rings is 1. The van der Waals surface area contributed by atoms with E-state index in [-0.39, 0.29) is 10.8 Å². The Morgan fingerprint density at radius 2 is 1.73 bits per heavy atom. The SMILES string of the molecule is CN(C)S(=O)(=O)c1ccc(C(=O)N2CCN(c3nc4ccc(Br)cc4s3)CC2)cc1. The van der Waals surface area contributed by atoms with Crippen LogP contribution in [0.5, 0.6) is 0 Å². The monoisotopic (exact) mass is 508 g/mol. The second-order valence-corrected chi connectivity index (χ2v) is 11.3. The van der Waals surface area contributed by atoms with Crippen LogP contribution in [0.3, 0.4) is 0 Å². The van der Waals surface area contributed by atoms with E-state index >= 15 is 0 Å². The summed E-state index contributed by atoms with van der Waals surface area (Å²) < 4.78 is 27.7. The first kappa shape index (κ1) is 21.2. The van der Waals surface area contributed by atoms with Gasteiger partial charge in [0, 0.05) is 50.3 Å². The molecule has 3 aromatic rings. The van der Waals surface area contributed by atoms with Crippen molar-refractivity contribution in [2.75, 3.05) is 45.2 Å². The standard InChI is InChI=1S/C20H21BrN4O3S2/c1-23(2)30(27,28)16-6-3-14(4-7-16)19(26)24-9-11-25(12-10-24)20-22-17-8-5-15(21)13-18(17)29-20/h3-8,13H,9-12H2,1-2H3. The second kappa shape index (κ2) is 8.26. The number of sulfonamides is 1. The maximum absolute atomic E-state index is 12.8. The highest BCUT2D eigenvalue weighted by Crippen LogP contribution is 2.31. The van der Waals surface area contributed by atoms with E-state index in [0.29, 0.717) is 31.7 Å². The lowest BCUT2D eigenvalue weighted by Gasteiger charge is -2.34. The number of anilines is 1. The first-order valence-electron chi connectivity index (χ1n) is 9.38. The number of rotatable bonds is 4. The summed E-state index contributed by atoms with van der Waals surface area (Å²) in [6, 6.07) is 12.2. The molecule has 158 valence electrons. The molecule has 4 rings (SSSR count). The molecular weight excluding hydrogens is 488 g/mol. The van der Waals surface area contributed by atoms with Crippen molar-refractivity contribution < 1.29 is 13.2 Å². The molecule has 2 aromatic carbocycles. The van der Waals surface area contributed by atoms with Crippen molar-refractivity contribution in [2.24, 2.45) is 0 Å². The van der Waals surface area contributed by atoms with Gasteiger partial charge in [0.1, 0.15) is 0 Å². The lowest BCUT2D eigenvalue weighted by atomic mass is 10.2. The van der Waals surface area contributed by atoms with E-state index in [2.05, 4.69) is 26.9 Å². The molecule has 10 heteroatoms. The molecule has 0 saturated carbocycles. The smallest absolute Gasteiger partial charge is 0.253 e. The second-order valence-electron chi connectivity index (χ2n) is 7.20. The van der Waals surface area contributed by atoms with Gasteiger partial charge in [-0.2, -0.15) is 0 Å². The predicted octanol–water partition coefficient (Wildman–Crippen LogP) is 3.27. The summed E-state index contributed by atoms with van der Waals surface area (Å²) in [5, 5.41) is 0.966. The largest absolute Gasteiger partial charge is 0.345 e. The number of halogens is 1. The highest BCUT2D eigenvalue weighted by atomic mass is 79.9. The third-order valence-corrected chi connectivity index (χ3v) is 8.46. The Labute approximate surface area is 188 Å². The van der Waals surface area contributed by atoms with Crippen molar-refractivity contribution >= 4 is 58.5 Å². The van der Waals surface area contributed by atoms with Crippen molar-refractivity contribution in [3.05, 3.63) is 52.5 Å². The molecule has 1 aliphatic rings. The number of piperazine rings is 1. The average molecular weight is 509 g/mol. The van der Waals surface area contributed by atoms with Gasteiger partial charge >= 0.3 is 0 Å². The Morgan fingerprint density at radius 3 is 2.37 bits per heavy atom. The Hall–Kier alpha value is -2.01. The zero-order chi connectivity index (χ0) is 21.5. The van der Waals surface area contributed by atoms with Crippen LogP contribution in [-0.2, 0) is 10.0 Å². The number of amides is 1. The lowest BCUT2D eigenvalue weighted by Crippen LogP contribution is -2.48. The molecule has 0 N–H and O–H groups in total. The lowest BCUT2D eigenvalue weighted by molar-refractivity contribution is 0.0746. The van der Waals surface area contributed by atoms with Gasteiger partial charge in [0.15, 0.2) is 5.13 Å². The van der Waals surface area contributed by atoms with Crippen LogP contribution in [0.4, 0.5) is 5.13 Å². The van der Waals surface area contributed by atoms with Gasteiger partial charge in [0.05, 0.1) is 15.1 Å². The number of carbonyl (C=O) groups excluding carboxylic acids is 1. The molecule has 1 aliphatic heterocycles. The first-order chi connectivity index (χ1) is 14.3. The molecule has 0 radical (unpaired) electrons. The zero-order valence-corrected chi connectivity index (χ0v) is 19.8. The molecule has 0 bridgehead atoms. The molecule has 7 nitrogen and oxygen atoms in total. The molecule has 0 spiro atoms. The highest BCUT2D eigenvalue weighted by molar-refractivity contribution is 9.10. The Bertz CT molecular complexity index is 1180. The van der Waals surface area contributed by atoms with Crippen molar-refractivity contribution in [1.82, 2.24) is 14.2 Å². The van der Waals surface area contributed by atoms with E-state index in [0.717, 1.165) is 24.1 Å². The number of fused-ring (bicyclic) bond motifs is 1. The number of nitrogens with zero attached hydrogens (tertiary/aromatic N) is 4. The summed E-state index contributed by atoms with van der Waals surface area (Å²) in [4.78, 5) is 21.7. The van der Waals surface area contributed by atoms with Gasteiger partial charge < -0.3 is 9.80 Å². The Balaban J connectivity index is 1.42. The van der Waals surface area contributed by atoms with E-state index in [1.807, 2.05) is 12.1 Å². The maximum atomic E-state index is 12.8. The van der Waals surface area contributed by atoms with Gasteiger partial charge in [0.2, 0.25) is 10.0 Å². The summed E-state index contributed by atoms with van der Waals surface area (Å²) in [6.07, 6.45) is 0. The summed E-state index contributed by atoms with van der Waals surface area (Å²) >= 11 is 5.14. The molecule has 1 aromatic heterocycles. The molecule has 1 fully saturated rings. The third-order valence-electron chi connectivity index (χ3n) is 5.06. The van der Waals surface area contributed by atoms with Crippen LogP contribution >= 0.6 is 27.3 Å². The molecule has 30 heavy (non-hydrogen) atoms. The maximum Gasteiger partial charge on any atom is 0.253 e. The zero-order valence-electron chi connectivity index (χ0n) is 16.6. The fraction of sp³-hybridized carbons (Fsp3) is 0.300. The summed E-state index contributed by atoms with van der Waals surface area (Å²) in [5.74, 6) is -0.0864. The van der Waals surface area contributed by atoms with Gasteiger partial charge in [-0.3, -0.25) is 4.79 Å². The molecule has 0 aliphatic carbocycles. The summed E-state index contributed by atoms with van der Waals surface area (Å²) in [6.45, 7) is 2.60. The fourth-order valence-corrected chi connectivity index (χ4v) is 5.76. The van der Waals surface area contributed by atoms with Crippen LogP contribution in [0, 0.1) is 0 Å². The normalized spacial score (nSPS) is 15.2. The van der Waals surface area contributed by atoms with Gasteiger partial charge in [-0.05, 0) is 42.5 Å². The van der Waals surface area contributed by atoms with Gasteiger partial charge in [-0.25, -0.2) is 17.7 Å². The van der Waals surface area contributed by atoms with Crippen molar-refractivity contribution in [3.63, 3.8) is 0 Å². The Kier molecular flexibility index (Phi) is 5.84. The molecule has 1 saturated heterocycles. The van der Waals surface area contributed by atoms with E-state index in [4.69, 9.17) is 4.98 Å². The van der Waals surface area contributed by atoms with Crippen LogP contribution < -0.4 is 4.90 Å². The molecule has 2 heterocycles. The van der Waals surface area contributed by atoms with Crippen molar-refractivity contribution in [3.8, 4) is 0 Å². The van der Waals surface area contributed by atoms with E-state index in [9.17, 15) is 13.2 Å². The van der Waals surface area contributed by atoms with Crippen molar-refractivity contribution in [1.29, 1.82) is 0 Å². The summed E-state index contributed by atoms with van der Waals surface area (Å²) in [5.41, 5.74) is 1.47. The fourth-order valence-electron chi connectivity index (χ4n) is 3.29. The third kappa shape index (κ3) is 4.09. The highest BCUT2D eigenvalue weighted by Gasteiger charge is 2.25. The number of aromatic nitrogens is 1. The van der Waals surface area contributed by atoms with Crippen LogP contribution in [-0.4, -0.2) is 68.8 Å². The van der Waals surface area contributed by atoms with E-state index in [1.54, 1.807) is 28.4 Å². The van der Waals surface area contributed by atoms with Crippen molar-refractivity contribution in [2.45, 2.75) is 4.90 Å². The minimum Gasteiger partial charge on any atom is -0.345 e. The number of hydrogen-bond donors (Lipinski definition) is 0. The number of carbonyl (C=O) groups is 1. The minimum absolute atomic E-state index is 0.0864. The topological polar surface area (TPSA) is 73.8 Å². The Morgan fingerprint density at radius 1 is 1.07 bits per heavy atom.